The summed E-state index contributed by atoms with van der Waals surface area (Å²) in [5.41, 5.74) is 1.34. The molecule has 0 fully saturated rings. The summed E-state index contributed by atoms with van der Waals surface area (Å²) < 4.78 is 11.7. The number of nitrogens with zero attached hydrogens (tertiary/aromatic N) is 1. The Balaban J connectivity index is 2.39. The Morgan fingerprint density at radius 3 is 1.18 bits per heavy atom. The fourth-order valence-electron chi connectivity index (χ4n) is 8.01. The predicted octanol–water partition coefficient (Wildman–Crippen LogP) is 15.4. The molecule has 0 N–H and O–H groups in total. The second kappa shape index (κ2) is 39.9. The highest BCUT2D eigenvalue weighted by atomic mass is 16.5. The Hall–Kier alpha value is -1.88. The van der Waals surface area contributed by atoms with E-state index in [1.54, 1.807) is 0 Å². The maximum Gasteiger partial charge on any atom is 0.305 e. The van der Waals surface area contributed by atoms with Crippen LogP contribution in [0.4, 0.5) is 0 Å². The summed E-state index contributed by atoms with van der Waals surface area (Å²) in [7, 11) is 0. The van der Waals surface area contributed by atoms with Crippen molar-refractivity contribution in [2.45, 2.75) is 240 Å². The molecule has 0 heterocycles. The van der Waals surface area contributed by atoms with Gasteiger partial charge in [-0.2, -0.15) is 0 Å². The van der Waals surface area contributed by atoms with Gasteiger partial charge in [-0.3, -0.25) is 14.5 Å². The number of unbranched alkanes of at least 4 members (excludes halogenated alkanes) is 20. The van der Waals surface area contributed by atoms with Crippen LogP contribution >= 0.6 is 0 Å². The lowest BCUT2D eigenvalue weighted by molar-refractivity contribution is -0.146. The van der Waals surface area contributed by atoms with E-state index in [4.69, 9.17) is 9.47 Å². The zero-order valence-electron chi connectivity index (χ0n) is 37.8. The second-order valence-electron chi connectivity index (χ2n) is 17.3. The van der Waals surface area contributed by atoms with Gasteiger partial charge in [-0.25, -0.2) is 0 Å². The summed E-state index contributed by atoms with van der Waals surface area (Å²) in [5.74, 6) is 1.03. The van der Waals surface area contributed by atoms with E-state index in [0.29, 0.717) is 37.9 Å². The Labute approximate surface area is 348 Å². The van der Waals surface area contributed by atoms with Gasteiger partial charge in [-0.15, -0.1) is 0 Å². The van der Waals surface area contributed by atoms with Crippen LogP contribution in [0.3, 0.4) is 0 Å². The van der Waals surface area contributed by atoms with Gasteiger partial charge in [0.1, 0.15) is 0 Å². The molecule has 0 aliphatic rings. The van der Waals surface area contributed by atoms with Crippen molar-refractivity contribution >= 4 is 11.9 Å². The van der Waals surface area contributed by atoms with Crippen LogP contribution in [0.15, 0.2) is 30.3 Å². The third kappa shape index (κ3) is 33.1. The van der Waals surface area contributed by atoms with Crippen LogP contribution in [0.1, 0.15) is 239 Å². The van der Waals surface area contributed by atoms with Crippen molar-refractivity contribution in [1.29, 1.82) is 0 Å². The molecule has 326 valence electrons. The predicted molar refractivity (Wildman–Crippen MR) is 241 cm³/mol. The number of esters is 2. The lowest BCUT2D eigenvalue weighted by Gasteiger charge is -2.22. The number of carbonyl (C=O) groups is 2. The lowest BCUT2D eigenvalue weighted by Crippen LogP contribution is -2.25. The number of hydrogen-bond acceptors (Lipinski definition) is 5. The van der Waals surface area contributed by atoms with Gasteiger partial charge in [0.15, 0.2) is 0 Å². The summed E-state index contributed by atoms with van der Waals surface area (Å²) in [6, 6.07) is 10.8. The molecule has 2 atom stereocenters. The quantitative estimate of drug-likeness (QED) is 0.0488. The van der Waals surface area contributed by atoms with Gasteiger partial charge in [0.05, 0.1) is 13.2 Å². The molecule has 0 spiro atoms. The highest BCUT2D eigenvalue weighted by Gasteiger charge is 2.14. The molecule has 0 saturated heterocycles. The Morgan fingerprint density at radius 2 is 0.786 bits per heavy atom. The molecule has 0 amide bonds. The van der Waals surface area contributed by atoms with Crippen LogP contribution in [0.2, 0.25) is 0 Å². The molecule has 0 saturated carbocycles. The monoisotopic (exact) mass is 784 g/mol. The molecule has 0 radical (unpaired) electrons. The molecular formula is C51H93NO4. The van der Waals surface area contributed by atoms with Gasteiger partial charge in [-0.1, -0.05) is 199 Å². The normalized spacial score (nSPS) is 12.6. The Kier molecular flexibility index (Phi) is 37.2. The van der Waals surface area contributed by atoms with Crippen molar-refractivity contribution in [1.82, 2.24) is 4.90 Å². The standard InChI is InChI=1S/C51H93NO4/c1-5-9-13-17-19-26-38-48(36-24-15-11-7-3)45-55-50(53)40-30-22-32-42-52(44-47-34-28-21-29-35-47)43-33-23-31-41-51(54)56-46-49(37-25-16-12-8-4)39-27-20-18-14-10-6-2/h21,28-29,34-35,48-49H,5-20,22-27,30-33,36-46H2,1-4H3. The van der Waals surface area contributed by atoms with E-state index in [0.717, 1.165) is 58.2 Å². The number of rotatable bonds is 42. The minimum Gasteiger partial charge on any atom is -0.465 e. The van der Waals surface area contributed by atoms with Gasteiger partial charge in [0.25, 0.3) is 0 Å². The smallest absolute Gasteiger partial charge is 0.305 e. The van der Waals surface area contributed by atoms with Crippen LogP contribution in [0.5, 0.6) is 0 Å². The summed E-state index contributed by atoms with van der Waals surface area (Å²) in [4.78, 5) is 28.0. The number of ether oxygens (including phenoxy) is 2. The molecule has 56 heavy (non-hydrogen) atoms. The van der Waals surface area contributed by atoms with Crippen LogP contribution in [0.25, 0.3) is 0 Å². The van der Waals surface area contributed by atoms with Gasteiger partial charge in [-0.05, 0) is 81.9 Å². The minimum absolute atomic E-state index is 0.00790. The maximum absolute atomic E-state index is 12.7. The first-order valence-electron chi connectivity index (χ1n) is 24.6. The Morgan fingerprint density at radius 1 is 0.446 bits per heavy atom. The average Bonchev–Trinajstić information content (AvgIpc) is 3.21. The largest absolute Gasteiger partial charge is 0.465 e. The fourth-order valence-corrected chi connectivity index (χ4v) is 8.01. The molecule has 5 heteroatoms. The van der Waals surface area contributed by atoms with Crippen LogP contribution in [0, 0.1) is 11.8 Å². The molecule has 0 bridgehead atoms. The molecule has 5 nitrogen and oxygen atoms in total. The summed E-state index contributed by atoms with van der Waals surface area (Å²) in [5, 5.41) is 0. The number of benzene rings is 1. The number of carbonyl (C=O) groups excluding carboxylic acids is 2. The topological polar surface area (TPSA) is 55.8 Å². The van der Waals surface area contributed by atoms with Crippen LogP contribution in [-0.2, 0) is 25.6 Å². The lowest BCUT2D eigenvalue weighted by atomic mass is 9.95. The average molecular weight is 784 g/mol. The maximum atomic E-state index is 12.7. The number of hydrogen-bond donors (Lipinski definition) is 0. The molecular weight excluding hydrogens is 691 g/mol. The highest BCUT2D eigenvalue weighted by Crippen LogP contribution is 2.22. The van der Waals surface area contributed by atoms with Crippen molar-refractivity contribution in [2.24, 2.45) is 11.8 Å². The zero-order valence-corrected chi connectivity index (χ0v) is 37.8. The summed E-state index contributed by atoms with van der Waals surface area (Å²) in [6.07, 6.45) is 38.0. The molecule has 0 aliphatic carbocycles. The molecule has 1 aromatic rings. The first kappa shape index (κ1) is 52.1. The van der Waals surface area contributed by atoms with Crippen molar-refractivity contribution in [2.75, 3.05) is 26.3 Å². The third-order valence-corrected chi connectivity index (χ3v) is 11.8. The third-order valence-electron chi connectivity index (χ3n) is 11.8. The van der Waals surface area contributed by atoms with Crippen molar-refractivity contribution in [3.8, 4) is 0 Å². The van der Waals surface area contributed by atoms with Crippen molar-refractivity contribution in [3.05, 3.63) is 35.9 Å². The van der Waals surface area contributed by atoms with E-state index in [1.807, 2.05) is 0 Å². The van der Waals surface area contributed by atoms with Crippen LogP contribution in [-0.4, -0.2) is 43.1 Å². The van der Waals surface area contributed by atoms with Gasteiger partial charge >= 0.3 is 11.9 Å². The molecule has 1 rings (SSSR count). The highest BCUT2D eigenvalue weighted by molar-refractivity contribution is 5.69. The van der Waals surface area contributed by atoms with Crippen LogP contribution < -0.4 is 0 Å². The fraction of sp³-hybridized carbons (Fsp3) is 0.843. The molecule has 0 aliphatic heterocycles. The van der Waals surface area contributed by atoms with Gasteiger partial charge in [0, 0.05) is 19.4 Å². The van der Waals surface area contributed by atoms with Gasteiger partial charge in [0.2, 0.25) is 0 Å². The minimum atomic E-state index is -0.00790. The zero-order chi connectivity index (χ0) is 40.6. The molecule has 2 unspecified atom stereocenters. The van der Waals surface area contributed by atoms with E-state index < -0.39 is 0 Å². The van der Waals surface area contributed by atoms with E-state index in [9.17, 15) is 9.59 Å². The second-order valence-corrected chi connectivity index (χ2v) is 17.3. The van der Waals surface area contributed by atoms with E-state index in [-0.39, 0.29) is 11.9 Å². The van der Waals surface area contributed by atoms with Crippen molar-refractivity contribution < 1.29 is 19.1 Å². The molecule has 1 aromatic carbocycles. The SMILES string of the molecule is CCCCCCCCC(CCCCCC)COC(=O)CCCCCN(CCCCCC(=O)OCC(CCCCCC)CCCCCCCC)Cc1ccccc1. The first-order chi connectivity index (χ1) is 27.5. The molecule has 0 aromatic heterocycles. The Bertz CT molecular complexity index is 925. The van der Waals surface area contributed by atoms with E-state index >= 15 is 0 Å². The van der Waals surface area contributed by atoms with E-state index in [2.05, 4.69) is 62.9 Å². The summed E-state index contributed by atoms with van der Waals surface area (Å²) >= 11 is 0. The first-order valence-corrected chi connectivity index (χ1v) is 24.6. The van der Waals surface area contributed by atoms with Crippen molar-refractivity contribution in [3.63, 3.8) is 0 Å². The summed E-state index contributed by atoms with van der Waals surface area (Å²) in [6.45, 7) is 13.3. The van der Waals surface area contributed by atoms with Gasteiger partial charge < -0.3 is 9.47 Å². The van der Waals surface area contributed by atoms with E-state index in [1.165, 1.54) is 160 Å².